The van der Waals surface area contributed by atoms with E-state index in [0.717, 1.165) is 20.8 Å². The van der Waals surface area contributed by atoms with E-state index in [1.54, 1.807) is 0 Å². The van der Waals surface area contributed by atoms with Crippen molar-refractivity contribution in [1.29, 1.82) is 0 Å². The molecule has 0 bridgehead atoms. The molecule has 0 N–H and O–H groups in total. The Morgan fingerprint density at radius 2 is 1.41 bits per heavy atom. The fraction of sp³-hybridized carbons (Fsp3) is 0.562. The summed E-state index contributed by atoms with van der Waals surface area (Å²) in [7, 11) is 0. The van der Waals surface area contributed by atoms with Crippen molar-refractivity contribution < 1.29 is 47.7 Å². The van der Waals surface area contributed by atoms with Gasteiger partial charge in [-0.15, -0.1) is 0 Å². The normalized spacial score (nSPS) is 21.9. The summed E-state index contributed by atoms with van der Waals surface area (Å²) < 4.78 is 25.9. The van der Waals surface area contributed by atoms with Gasteiger partial charge in [0.05, 0.1) is 0 Å². The lowest BCUT2D eigenvalue weighted by molar-refractivity contribution is -0.174. The third-order valence-corrected chi connectivity index (χ3v) is 3.75. The molecule has 0 saturated carbocycles. The van der Waals surface area contributed by atoms with Crippen molar-refractivity contribution in [3.05, 3.63) is 11.5 Å². The molecule has 0 aromatic heterocycles. The molecule has 0 amide bonds. The average Bonchev–Trinajstić information content (AvgIpc) is 2.49. The van der Waals surface area contributed by atoms with Gasteiger partial charge < -0.3 is 23.7 Å². The first-order valence-corrected chi connectivity index (χ1v) is 8.63. The lowest BCUT2D eigenvalue weighted by atomic mass is 10.1. The number of thioether (sulfide) groups is 1. The van der Waals surface area contributed by atoms with Crippen molar-refractivity contribution >= 4 is 40.8 Å². The minimum absolute atomic E-state index is 0.289. The van der Waals surface area contributed by atoms with Gasteiger partial charge in [0.2, 0.25) is 0 Å². The molecule has 10 nitrogen and oxygen atoms in total. The van der Waals surface area contributed by atoms with E-state index in [4.69, 9.17) is 23.7 Å². The number of hydrogen-bond donors (Lipinski definition) is 0. The highest BCUT2D eigenvalue weighted by molar-refractivity contribution is 8.14. The Balaban J connectivity index is 3.45. The molecule has 0 spiro atoms. The molecule has 27 heavy (non-hydrogen) atoms. The molecule has 0 fully saturated rings. The third-order valence-electron chi connectivity index (χ3n) is 2.88. The molecule has 1 unspecified atom stereocenters. The highest BCUT2D eigenvalue weighted by Gasteiger charge is 2.45. The monoisotopic (exact) mass is 404 g/mol. The Morgan fingerprint density at radius 1 is 0.852 bits per heavy atom. The van der Waals surface area contributed by atoms with E-state index in [1.807, 2.05) is 0 Å². The molecule has 1 aliphatic heterocycles. The maximum absolute atomic E-state index is 11.5. The topological polar surface area (TPSA) is 132 Å². The predicted molar refractivity (Wildman–Crippen MR) is 89.7 cm³/mol. The quantitative estimate of drug-likeness (QED) is 0.460. The van der Waals surface area contributed by atoms with Crippen molar-refractivity contribution in [1.82, 2.24) is 0 Å². The van der Waals surface area contributed by atoms with E-state index in [0.29, 0.717) is 11.8 Å². The fourth-order valence-electron chi connectivity index (χ4n) is 2.10. The zero-order chi connectivity index (χ0) is 20.7. The van der Waals surface area contributed by atoms with Gasteiger partial charge in [-0.3, -0.25) is 24.0 Å². The Bertz CT molecular complexity index is 668. The third kappa shape index (κ3) is 7.39. The largest absolute Gasteiger partial charge is 0.463 e. The summed E-state index contributed by atoms with van der Waals surface area (Å²) in [6.07, 6.45) is -2.45. The van der Waals surface area contributed by atoms with E-state index in [1.165, 1.54) is 13.8 Å². The van der Waals surface area contributed by atoms with E-state index < -0.39 is 41.5 Å². The Labute approximate surface area is 159 Å². The lowest BCUT2D eigenvalue weighted by Gasteiger charge is -2.36. The van der Waals surface area contributed by atoms with Gasteiger partial charge >= 0.3 is 23.9 Å². The first-order valence-electron chi connectivity index (χ1n) is 7.75. The second-order valence-corrected chi connectivity index (χ2v) is 6.60. The number of rotatable bonds is 6. The number of esters is 4. The summed E-state index contributed by atoms with van der Waals surface area (Å²) in [6, 6.07) is 0. The van der Waals surface area contributed by atoms with Crippen molar-refractivity contribution in [3.63, 3.8) is 0 Å². The summed E-state index contributed by atoms with van der Waals surface area (Å²) in [5.74, 6) is -3.53. The average molecular weight is 404 g/mol. The number of hydrogen-bond acceptors (Lipinski definition) is 11. The van der Waals surface area contributed by atoms with E-state index >= 15 is 0 Å². The summed E-state index contributed by atoms with van der Waals surface area (Å²) in [5.41, 5.74) is -1.19. The summed E-state index contributed by atoms with van der Waals surface area (Å²) >= 11 is 0.647. The smallest absolute Gasteiger partial charge is 0.307 e. The van der Waals surface area contributed by atoms with Gasteiger partial charge in [0.1, 0.15) is 12.7 Å². The van der Waals surface area contributed by atoms with Crippen LogP contribution >= 0.6 is 11.8 Å². The van der Waals surface area contributed by atoms with Crippen LogP contribution in [0, 0.1) is 0 Å². The molecule has 11 heteroatoms. The van der Waals surface area contributed by atoms with Crippen LogP contribution in [-0.2, 0) is 47.7 Å². The van der Waals surface area contributed by atoms with Crippen LogP contribution in [0.3, 0.4) is 0 Å². The Hall–Kier alpha value is -2.40. The maximum Gasteiger partial charge on any atom is 0.307 e. The fourth-order valence-corrected chi connectivity index (χ4v) is 2.87. The van der Waals surface area contributed by atoms with Crippen molar-refractivity contribution in [2.75, 3.05) is 6.61 Å². The first kappa shape index (κ1) is 22.6. The molecule has 1 rings (SSSR count). The van der Waals surface area contributed by atoms with Crippen LogP contribution in [0.4, 0.5) is 0 Å². The van der Waals surface area contributed by atoms with Crippen LogP contribution in [-0.4, -0.2) is 53.2 Å². The molecule has 0 aromatic rings. The van der Waals surface area contributed by atoms with E-state index in [9.17, 15) is 24.0 Å². The molecular weight excluding hydrogens is 384 g/mol. The SMILES string of the molecule is CC(=O)OCC1O[C@@H](SC(C)=O)C(OC(C)=O)=C(OC(C)=O)[C@H]1OC(C)=O. The zero-order valence-electron chi connectivity index (χ0n) is 15.4. The minimum Gasteiger partial charge on any atom is -0.463 e. The van der Waals surface area contributed by atoms with Gasteiger partial charge in [0.25, 0.3) is 0 Å². The number of carbonyl (C=O) groups is 5. The van der Waals surface area contributed by atoms with Gasteiger partial charge in [-0.25, -0.2) is 0 Å². The second kappa shape index (κ2) is 10.1. The van der Waals surface area contributed by atoms with Crippen LogP contribution in [0.15, 0.2) is 11.5 Å². The van der Waals surface area contributed by atoms with Gasteiger partial charge in [-0.05, 0) is 11.8 Å². The molecule has 150 valence electrons. The molecule has 0 saturated heterocycles. The molecule has 1 aliphatic rings. The van der Waals surface area contributed by atoms with Crippen LogP contribution < -0.4 is 0 Å². The summed E-state index contributed by atoms with van der Waals surface area (Å²) in [4.78, 5) is 57.2. The number of carbonyl (C=O) groups excluding carboxylic acids is 5. The molecule has 0 aromatic carbocycles. The Kier molecular flexibility index (Phi) is 8.44. The standard InChI is InChI=1S/C16H20O10S/c1-7(17)22-6-12-13(23-8(2)18)14(24-9(3)19)15(25-10(4)20)16(26-12)27-11(5)21/h12-13,16H,6H2,1-5H3/t12?,13-,16-/m0/s1. The van der Waals surface area contributed by atoms with Gasteiger partial charge in [0.15, 0.2) is 28.2 Å². The van der Waals surface area contributed by atoms with Crippen molar-refractivity contribution in [2.24, 2.45) is 0 Å². The molecule has 1 heterocycles. The molecule has 3 atom stereocenters. The van der Waals surface area contributed by atoms with Crippen molar-refractivity contribution in [3.8, 4) is 0 Å². The van der Waals surface area contributed by atoms with Crippen molar-refractivity contribution in [2.45, 2.75) is 52.3 Å². The van der Waals surface area contributed by atoms with Gasteiger partial charge in [-0.2, -0.15) is 0 Å². The van der Waals surface area contributed by atoms with Crippen LogP contribution in [0.25, 0.3) is 0 Å². The molecule has 0 radical (unpaired) electrons. The zero-order valence-corrected chi connectivity index (χ0v) is 16.2. The van der Waals surface area contributed by atoms with Gasteiger partial charge in [-0.1, -0.05) is 0 Å². The van der Waals surface area contributed by atoms with Crippen LogP contribution in [0.1, 0.15) is 34.6 Å². The lowest BCUT2D eigenvalue weighted by Crippen LogP contribution is -2.47. The molecule has 0 aliphatic carbocycles. The minimum atomic E-state index is -1.34. The first-order chi connectivity index (χ1) is 12.5. The summed E-state index contributed by atoms with van der Waals surface area (Å²) in [6.45, 7) is 5.35. The highest BCUT2D eigenvalue weighted by atomic mass is 32.2. The highest BCUT2D eigenvalue weighted by Crippen LogP contribution is 2.36. The van der Waals surface area contributed by atoms with Crippen LogP contribution in [0.2, 0.25) is 0 Å². The van der Waals surface area contributed by atoms with Gasteiger partial charge in [0, 0.05) is 34.6 Å². The second-order valence-electron chi connectivity index (χ2n) is 5.36. The predicted octanol–water partition coefficient (Wildman–Crippen LogP) is 0.824. The van der Waals surface area contributed by atoms with E-state index in [2.05, 4.69) is 0 Å². The van der Waals surface area contributed by atoms with E-state index in [-0.39, 0.29) is 23.2 Å². The van der Waals surface area contributed by atoms with Crippen LogP contribution in [0.5, 0.6) is 0 Å². The number of ether oxygens (including phenoxy) is 5. The maximum atomic E-state index is 11.5. The summed E-state index contributed by atoms with van der Waals surface area (Å²) in [5, 5.41) is -0.385. The Morgan fingerprint density at radius 3 is 1.85 bits per heavy atom. The molecular formula is C16H20O10S.